The average molecular weight is 433 g/mol. The van der Waals surface area contributed by atoms with Crippen molar-refractivity contribution in [2.75, 3.05) is 18.4 Å². The summed E-state index contributed by atoms with van der Waals surface area (Å²) in [5.74, 6) is 0.884. The van der Waals surface area contributed by atoms with Crippen LogP contribution in [0.2, 0.25) is 0 Å². The highest BCUT2D eigenvalue weighted by atomic mass is 79.9. The van der Waals surface area contributed by atoms with Crippen molar-refractivity contribution < 1.29 is 9.18 Å². The van der Waals surface area contributed by atoms with Gasteiger partial charge in [0.25, 0.3) is 0 Å². The Kier molecular flexibility index (Phi) is 6.92. The third-order valence-electron chi connectivity index (χ3n) is 4.08. The SMILES string of the molecule is Cl.Cn1nc(C2CCNCC2)nc1NC(=O)Cc1ccc(Br)c(F)c1. The molecule has 1 aromatic heterocycles. The van der Waals surface area contributed by atoms with Crippen LogP contribution in [0.1, 0.15) is 30.1 Å². The molecular formula is C16H20BrClFN5O. The van der Waals surface area contributed by atoms with E-state index in [1.54, 1.807) is 23.9 Å². The second-order valence-electron chi connectivity index (χ2n) is 5.91. The number of halogens is 3. The van der Waals surface area contributed by atoms with Crippen LogP contribution in [0.25, 0.3) is 0 Å². The highest BCUT2D eigenvalue weighted by Crippen LogP contribution is 2.23. The molecule has 0 spiro atoms. The molecule has 9 heteroatoms. The van der Waals surface area contributed by atoms with Crippen molar-refractivity contribution in [1.82, 2.24) is 20.1 Å². The molecule has 2 aromatic rings. The molecule has 6 nitrogen and oxygen atoms in total. The van der Waals surface area contributed by atoms with Crippen LogP contribution in [0.15, 0.2) is 22.7 Å². The maximum atomic E-state index is 13.5. The summed E-state index contributed by atoms with van der Waals surface area (Å²) in [6, 6.07) is 4.65. The quantitative estimate of drug-likeness (QED) is 0.779. The molecule has 0 bridgehead atoms. The summed E-state index contributed by atoms with van der Waals surface area (Å²) in [6.45, 7) is 1.92. The van der Waals surface area contributed by atoms with Gasteiger partial charge in [0.15, 0.2) is 5.82 Å². The highest BCUT2D eigenvalue weighted by molar-refractivity contribution is 9.10. The molecule has 25 heavy (non-hydrogen) atoms. The molecule has 2 heterocycles. The molecule has 1 aromatic carbocycles. The van der Waals surface area contributed by atoms with E-state index in [2.05, 4.69) is 36.6 Å². The Hall–Kier alpha value is -1.51. The van der Waals surface area contributed by atoms with Gasteiger partial charge >= 0.3 is 0 Å². The number of piperidine rings is 1. The zero-order valence-electron chi connectivity index (χ0n) is 13.8. The van der Waals surface area contributed by atoms with Gasteiger partial charge in [-0.15, -0.1) is 12.4 Å². The van der Waals surface area contributed by atoms with Gasteiger partial charge in [-0.05, 0) is 59.6 Å². The monoisotopic (exact) mass is 431 g/mol. The van der Waals surface area contributed by atoms with Crippen LogP contribution in [0.4, 0.5) is 10.3 Å². The fourth-order valence-corrected chi connectivity index (χ4v) is 3.02. The molecule has 1 amide bonds. The molecule has 0 saturated carbocycles. The first kappa shape index (κ1) is 19.8. The van der Waals surface area contributed by atoms with E-state index in [1.807, 2.05) is 0 Å². The summed E-state index contributed by atoms with van der Waals surface area (Å²) in [7, 11) is 1.76. The fourth-order valence-electron chi connectivity index (χ4n) is 2.77. The standard InChI is InChI=1S/C16H19BrFN5O.ClH/c1-23-16(21-15(22-23)11-4-6-19-7-5-11)20-14(24)9-10-2-3-12(17)13(18)8-10;/h2-3,8,11,19H,4-7,9H2,1H3,(H,20,21,22,24);1H. The molecule has 1 aliphatic heterocycles. The average Bonchev–Trinajstić information content (AvgIpc) is 2.93. The number of anilines is 1. The van der Waals surface area contributed by atoms with Gasteiger partial charge in [0, 0.05) is 13.0 Å². The van der Waals surface area contributed by atoms with Crippen molar-refractivity contribution in [3.05, 3.63) is 39.9 Å². The Bertz CT molecular complexity index is 748. The Labute approximate surface area is 160 Å². The first-order chi connectivity index (χ1) is 11.5. The minimum absolute atomic E-state index is 0. The first-order valence-corrected chi connectivity index (χ1v) is 8.67. The molecule has 0 aliphatic carbocycles. The van der Waals surface area contributed by atoms with Gasteiger partial charge < -0.3 is 5.32 Å². The second-order valence-corrected chi connectivity index (χ2v) is 6.77. The molecule has 1 fully saturated rings. The zero-order valence-corrected chi connectivity index (χ0v) is 16.2. The third kappa shape index (κ3) is 4.99. The van der Waals surface area contributed by atoms with Crippen molar-refractivity contribution in [2.24, 2.45) is 7.05 Å². The summed E-state index contributed by atoms with van der Waals surface area (Å²) in [5.41, 5.74) is 0.606. The minimum atomic E-state index is -0.382. The summed E-state index contributed by atoms with van der Waals surface area (Å²) in [6.07, 6.45) is 2.07. The largest absolute Gasteiger partial charge is 0.317 e. The van der Waals surface area contributed by atoms with Crippen LogP contribution in [0.5, 0.6) is 0 Å². The summed E-state index contributed by atoms with van der Waals surface area (Å²) in [5, 5.41) is 10.5. The van der Waals surface area contributed by atoms with Crippen LogP contribution in [0.3, 0.4) is 0 Å². The Morgan fingerprint density at radius 2 is 2.16 bits per heavy atom. The number of benzene rings is 1. The van der Waals surface area contributed by atoms with Gasteiger partial charge in [0.2, 0.25) is 11.9 Å². The van der Waals surface area contributed by atoms with Crippen LogP contribution in [-0.2, 0) is 18.3 Å². The number of carbonyl (C=O) groups is 1. The smallest absolute Gasteiger partial charge is 0.231 e. The number of aryl methyl sites for hydroxylation is 1. The molecule has 0 unspecified atom stereocenters. The molecule has 136 valence electrons. The normalized spacial score (nSPS) is 14.8. The van der Waals surface area contributed by atoms with Gasteiger partial charge in [-0.1, -0.05) is 6.07 Å². The van der Waals surface area contributed by atoms with E-state index < -0.39 is 0 Å². The van der Waals surface area contributed by atoms with Gasteiger partial charge in [-0.2, -0.15) is 10.1 Å². The topological polar surface area (TPSA) is 71.8 Å². The Morgan fingerprint density at radius 1 is 1.44 bits per heavy atom. The minimum Gasteiger partial charge on any atom is -0.317 e. The van der Waals surface area contributed by atoms with E-state index in [0.717, 1.165) is 31.8 Å². The van der Waals surface area contributed by atoms with Gasteiger partial charge in [-0.3, -0.25) is 10.1 Å². The number of rotatable bonds is 4. The fraction of sp³-hybridized carbons (Fsp3) is 0.438. The van der Waals surface area contributed by atoms with E-state index in [0.29, 0.717) is 21.9 Å². The van der Waals surface area contributed by atoms with Crippen LogP contribution in [0, 0.1) is 5.82 Å². The maximum absolute atomic E-state index is 13.5. The zero-order chi connectivity index (χ0) is 17.1. The van der Waals surface area contributed by atoms with Gasteiger partial charge in [0.05, 0.1) is 10.9 Å². The molecule has 0 radical (unpaired) electrons. The number of nitrogens with zero attached hydrogens (tertiary/aromatic N) is 3. The number of hydrogen-bond donors (Lipinski definition) is 2. The van der Waals surface area contributed by atoms with Crippen molar-refractivity contribution >= 4 is 40.2 Å². The van der Waals surface area contributed by atoms with Crippen molar-refractivity contribution in [3.8, 4) is 0 Å². The molecule has 1 saturated heterocycles. The van der Waals surface area contributed by atoms with Crippen LogP contribution < -0.4 is 10.6 Å². The predicted molar refractivity (Wildman–Crippen MR) is 99.5 cm³/mol. The highest BCUT2D eigenvalue weighted by Gasteiger charge is 2.21. The van der Waals surface area contributed by atoms with Crippen molar-refractivity contribution in [3.63, 3.8) is 0 Å². The number of hydrogen-bond acceptors (Lipinski definition) is 4. The molecule has 2 N–H and O–H groups in total. The predicted octanol–water partition coefficient (Wildman–Crippen LogP) is 2.79. The summed E-state index contributed by atoms with van der Waals surface area (Å²) in [4.78, 5) is 16.6. The first-order valence-electron chi connectivity index (χ1n) is 7.88. The lowest BCUT2D eigenvalue weighted by molar-refractivity contribution is -0.115. The number of carbonyl (C=O) groups excluding carboxylic acids is 1. The van der Waals surface area contributed by atoms with E-state index >= 15 is 0 Å². The lowest BCUT2D eigenvalue weighted by Crippen LogP contribution is -2.27. The summed E-state index contributed by atoms with van der Waals surface area (Å²) >= 11 is 3.10. The lowest BCUT2D eigenvalue weighted by Gasteiger charge is -2.19. The van der Waals surface area contributed by atoms with Crippen LogP contribution >= 0.6 is 28.3 Å². The summed E-state index contributed by atoms with van der Waals surface area (Å²) < 4.78 is 15.5. The number of nitrogens with one attached hydrogen (secondary N) is 2. The van der Waals surface area contributed by atoms with Gasteiger partial charge in [0.1, 0.15) is 5.82 Å². The van der Waals surface area contributed by atoms with E-state index in [-0.39, 0.29) is 30.6 Å². The Balaban J connectivity index is 0.00000225. The molecular weight excluding hydrogens is 413 g/mol. The number of amides is 1. The van der Waals surface area contributed by atoms with E-state index in [4.69, 9.17) is 0 Å². The number of aromatic nitrogens is 3. The molecule has 1 aliphatic rings. The van der Waals surface area contributed by atoms with E-state index in [9.17, 15) is 9.18 Å². The van der Waals surface area contributed by atoms with Crippen LogP contribution in [-0.4, -0.2) is 33.8 Å². The second kappa shape index (κ2) is 8.73. The third-order valence-corrected chi connectivity index (χ3v) is 4.73. The van der Waals surface area contributed by atoms with Crippen molar-refractivity contribution in [1.29, 1.82) is 0 Å². The molecule has 3 rings (SSSR count). The Morgan fingerprint density at radius 3 is 2.84 bits per heavy atom. The van der Waals surface area contributed by atoms with E-state index in [1.165, 1.54) is 6.07 Å². The maximum Gasteiger partial charge on any atom is 0.231 e. The van der Waals surface area contributed by atoms with Gasteiger partial charge in [-0.25, -0.2) is 9.07 Å². The lowest BCUT2D eigenvalue weighted by atomic mass is 9.98. The van der Waals surface area contributed by atoms with Crippen molar-refractivity contribution in [2.45, 2.75) is 25.2 Å². The molecule has 0 atom stereocenters.